The van der Waals surface area contributed by atoms with E-state index >= 15 is 0 Å². The zero-order valence-corrected chi connectivity index (χ0v) is 14.2. The van der Waals surface area contributed by atoms with Crippen molar-refractivity contribution < 1.29 is 4.79 Å². The number of nitrogens with zero attached hydrogens (tertiary/aromatic N) is 2. The number of aromatic amines is 1. The summed E-state index contributed by atoms with van der Waals surface area (Å²) in [4.78, 5) is 33.3. The number of aromatic nitrogens is 2. The second kappa shape index (κ2) is 7.03. The van der Waals surface area contributed by atoms with Crippen LogP contribution in [0.4, 0.5) is 4.79 Å². The number of urea groups is 1. The van der Waals surface area contributed by atoms with Crippen LogP contribution in [0, 0.1) is 5.92 Å². The number of carbonyl (C=O) groups is 1. The Kier molecular flexibility index (Phi) is 4.83. The number of amides is 2. The zero-order valence-electron chi connectivity index (χ0n) is 14.2. The molecule has 0 saturated heterocycles. The molecule has 1 fully saturated rings. The number of carbonyl (C=O) groups excluding carboxylic acids is 1. The highest BCUT2D eigenvalue weighted by Crippen LogP contribution is 2.23. The van der Waals surface area contributed by atoms with Crippen LogP contribution in [0.25, 0.3) is 10.9 Å². The van der Waals surface area contributed by atoms with Crippen LogP contribution < -0.4 is 10.9 Å². The first-order valence-electron chi connectivity index (χ1n) is 8.54. The predicted molar refractivity (Wildman–Crippen MR) is 93.8 cm³/mol. The molecule has 0 radical (unpaired) electrons. The van der Waals surface area contributed by atoms with Gasteiger partial charge in [-0.25, -0.2) is 9.78 Å². The van der Waals surface area contributed by atoms with E-state index in [1.165, 1.54) is 12.8 Å². The monoisotopic (exact) mass is 328 g/mol. The van der Waals surface area contributed by atoms with Crippen molar-refractivity contribution in [2.75, 3.05) is 7.05 Å². The van der Waals surface area contributed by atoms with E-state index in [4.69, 9.17) is 0 Å². The minimum atomic E-state index is -0.176. The van der Waals surface area contributed by atoms with Gasteiger partial charge >= 0.3 is 6.03 Å². The van der Waals surface area contributed by atoms with Crippen LogP contribution >= 0.6 is 0 Å². The lowest BCUT2D eigenvalue weighted by Crippen LogP contribution is -2.46. The molecule has 1 aromatic heterocycles. The molecule has 3 rings (SSSR count). The van der Waals surface area contributed by atoms with E-state index in [0.29, 0.717) is 22.6 Å². The van der Waals surface area contributed by atoms with E-state index in [9.17, 15) is 9.59 Å². The Bertz CT molecular complexity index is 786. The van der Waals surface area contributed by atoms with Crippen molar-refractivity contribution in [1.29, 1.82) is 0 Å². The summed E-state index contributed by atoms with van der Waals surface area (Å²) in [5, 5.41) is 3.67. The third-order valence-corrected chi connectivity index (χ3v) is 4.82. The van der Waals surface area contributed by atoms with Crippen molar-refractivity contribution in [3.63, 3.8) is 0 Å². The highest BCUT2D eigenvalue weighted by Gasteiger charge is 2.24. The van der Waals surface area contributed by atoms with E-state index in [1.807, 2.05) is 12.1 Å². The Balaban J connectivity index is 1.68. The molecular formula is C18H24N4O2. The molecule has 2 N–H and O–H groups in total. The molecule has 1 saturated carbocycles. The minimum Gasteiger partial charge on any atom is -0.335 e. The second-order valence-electron chi connectivity index (χ2n) is 6.70. The van der Waals surface area contributed by atoms with Gasteiger partial charge in [-0.05, 0) is 30.9 Å². The number of H-pyrrole nitrogens is 1. The standard InChI is InChI=1S/C18H24N4O2/c1-12-7-3-5-9-14(12)20-18(24)22(2)11-16-19-15-10-6-4-8-13(15)17(23)21-16/h4,6,8,10,12,14H,3,5,7,9,11H2,1-2H3,(H,20,24)(H,19,21,23)/t12-,14-/m0/s1. The summed E-state index contributed by atoms with van der Waals surface area (Å²) < 4.78 is 0. The summed E-state index contributed by atoms with van der Waals surface area (Å²) in [5.74, 6) is 1.00. The van der Waals surface area contributed by atoms with Crippen LogP contribution in [0.3, 0.4) is 0 Å². The maximum absolute atomic E-state index is 12.4. The van der Waals surface area contributed by atoms with Crippen molar-refractivity contribution >= 4 is 16.9 Å². The predicted octanol–water partition coefficient (Wildman–Crippen LogP) is 2.64. The van der Waals surface area contributed by atoms with E-state index in [0.717, 1.165) is 12.8 Å². The summed E-state index contributed by atoms with van der Waals surface area (Å²) in [6, 6.07) is 7.31. The normalized spacial score (nSPS) is 20.8. The lowest BCUT2D eigenvalue weighted by atomic mass is 9.86. The molecule has 1 heterocycles. The fourth-order valence-electron chi connectivity index (χ4n) is 3.31. The molecule has 1 aliphatic carbocycles. The molecule has 128 valence electrons. The largest absolute Gasteiger partial charge is 0.335 e. The summed E-state index contributed by atoms with van der Waals surface area (Å²) >= 11 is 0. The van der Waals surface area contributed by atoms with Crippen LogP contribution in [0.5, 0.6) is 0 Å². The lowest BCUT2D eigenvalue weighted by molar-refractivity contribution is 0.189. The van der Waals surface area contributed by atoms with Gasteiger partial charge in [0.2, 0.25) is 0 Å². The molecule has 0 bridgehead atoms. The Morgan fingerprint density at radius 2 is 2.08 bits per heavy atom. The topological polar surface area (TPSA) is 78.1 Å². The van der Waals surface area contributed by atoms with Gasteiger partial charge in [-0.3, -0.25) is 4.79 Å². The molecule has 1 aromatic carbocycles. The minimum absolute atomic E-state index is 0.121. The first kappa shape index (κ1) is 16.5. The highest BCUT2D eigenvalue weighted by atomic mass is 16.2. The Morgan fingerprint density at radius 3 is 2.88 bits per heavy atom. The molecule has 1 aliphatic rings. The van der Waals surface area contributed by atoms with Gasteiger partial charge in [0.1, 0.15) is 5.82 Å². The molecule has 6 nitrogen and oxygen atoms in total. The molecule has 0 unspecified atom stereocenters. The number of nitrogens with one attached hydrogen (secondary N) is 2. The van der Waals surface area contributed by atoms with Crippen molar-refractivity contribution in [3.05, 3.63) is 40.4 Å². The number of hydrogen-bond acceptors (Lipinski definition) is 3. The third kappa shape index (κ3) is 3.58. The fraction of sp³-hybridized carbons (Fsp3) is 0.500. The Labute approximate surface area is 141 Å². The van der Waals surface area contributed by atoms with Gasteiger partial charge in [0.25, 0.3) is 5.56 Å². The molecule has 2 aromatic rings. The molecular weight excluding hydrogens is 304 g/mol. The first-order valence-corrected chi connectivity index (χ1v) is 8.54. The van der Waals surface area contributed by atoms with Gasteiger partial charge in [0.15, 0.2) is 0 Å². The van der Waals surface area contributed by atoms with E-state index in [1.54, 1.807) is 24.1 Å². The lowest BCUT2D eigenvalue weighted by Gasteiger charge is -2.31. The van der Waals surface area contributed by atoms with Crippen molar-refractivity contribution in [1.82, 2.24) is 20.2 Å². The molecule has 2 atom stereocenters. The third-order valence-electron chi connectivity index (χ3n) is 4.82. The van der Waals surface area contributed by atoms with Gasteiger partial charge in [-0.2, -0.15) is 0 Å². The van der Waals surface area contributed by atoms with Crippen LogP contribution in [0.1, 0.15) is 38.4 Å². The van der Waals surface area contributed by atoms with Gasteiger partial charge in [-0.1, -0.05) is 31.9 Å². The molecule has 0 aliphatic heterocycles. The quantitative estimate of drug-likeness (QED) is 0.909. The fourth-order valence-corrected chi connectivity index (χ4v) is 3.31. The first-order chi connectivity index (χ1) is 11.5. The van der Waals surface area contributed by atoms with Crippen molar-refractivity contribution in [2.24, 2.45) is 5.92 Å². The van der Waals surface area contributed by atoms with Gasteiger partial charge in [-0.15, -0.1) is 0 Å². The SMILES string of the molecule is C[C@H]1CCCC[C@@H]1NC(=O)N(C)Cc1nc2ccccc2c(=O)[nH]1. The summed E-state index contributed by atoms with van der Waals surface area (Å²) in [7, 11) is 1.72. The van der Waals surface area contributed by atoms with Crippen molar-refractivity contribution in [3.8, 4) is 0 Å². The number of hydrogen-bond donors (Lipinski definition) is 2. The zero-order chi connectivity index (χ0) is 17.1. The molecule has 0 spiro atoms. The van der Waals surface area contributed by atoms with Crippen LogP contribution in [0.2, 0.25) is 0 Å². The Morgan fingerprint density at radius 1 is 1.33 bits per heavy atom. The maximum atomic E-state index is 12.4. The van der Waals surface area contributed by atoms with Gasteiger partial charge in [0, 0.05) is 13.1 Å². The second-order valence-corrected chi connectivity index (χ2v) is 6.70. The maximum Gasteiger partial charge on any atom is 0.317 e. The number of para-hydroxylation sites is 1. The van der Waals surface area contributed by atoms with E-state index in [2.05, 4.69) is 22.2 Å². The average Bonchev–Trinajstić information content (AvgIpc) is 2.57. The summed E-state index contributed by atoms with van der Waals surface area (Å²) in [6.07, 6.45) is 4.60. The molecule has 6 heteroatoms. The van der Waals surface area contributed by atoms with Crippen molar-refractivity contribution in [2.45, 2.75) is 45.2 Å². The highest BCUT2D eigenvalue weighted by molar-refractivity contribution is 5.77. The van der Waals surface area contributed by atoms with Gasteiger partial charge < -0.3 is 15.2 Å². The summed E-state index contributed by atoms with van der Waals surface area (Å²) in [5.41, 5.74) is 0.469. The van der Waals surface area contributed by atoms with E-state index < -0.39 is 0 Å². The van der Waals surface area contributed by atoms with Crippen LogP contribution in [0.15, 0.2) is 29.1 Å². The number of benzene rings is 1. The molecule has 24 heavy (non-hydrogen) atoms. The smallest absolute Gasteiger partial charge is 0.317 e. The Hall–Kier alpha value is -2.37. The number of fused-ring (bicyclic) bond motifs is 1. The summed E-state index contributed by atoms with van der Waals surface area (Å²) in [6.45, 7) is 2.46. The van der Waals surface area contributed by atoms with Crippen LogP contribution in [-0.4, -0.2) is 34.0 Å². The van der Waals surface area contributed by atoms with Crippen LogP contribution in [-0.2, 0) is 6.54 Å². The molecule has 2 amide bonds. The average molecular weight is 328 g/mol. The van der Waals surface area contributed by atoms with Gasteiger partial charge in [0.05, 0.1) is 17.4 Å². The number of rotatable bonds is 3. The van der Waals surface area contributed by atoms with E-state index in [-0.39, 0.29) is 24.2 Å².